The third kappa shape index (κ3) is 3.51. The van der Waals surface area contributed by atoms with E-state index in [9.17, 15) is 9.18 Å². The number of carbonyl (C=O) groups excluding carboxylic acids is 1. The molecule has 1 aromatic carbocycles. The fourth-order valence-electron chi connectivity index (χ4n) is 2.03. The van der Waals surface area contributed by atoms with Gasteiger partial charge < -0.3 is 4.57 Å². The molecule has 19 heavy (non-hydrogen) atoms. The molecule has 0 amide bonds. The van der Waals surface area contributed by atoms with E-state index in [1.54, 1.807) is 12.1 Å². The lowest BCUT2D eigenvalue weighted by Gasteiger charge is -2.16. The van der Waals surface area contributed by atoms with Crippen molar-refractivity contribution in [2.75, 3.05) is 13.6 Å². The minimum Gasteiger partial charge on any atom is -0.348 e. The van der Waals surface area contributed by atoms with Crippen molar-refractivity contribution in [3.63, 3.8) is 0 Å². The Hall–Kier alpha value is -1.94. The Morgan fingerprint density at radius 1 is 1.26 bits per heavy atom. The van der Waals surface area contributed by atoms with Crippen LogP contribution in [0.3, 0.4) is 0 Å². The lowest BCUT2D eigenvalue weighted by atomic mass is 10.2. The topological polar surface area (TPSA) is 25.2 Å². The van der Waals surface area contributed by atoms with E-state index in [1.807, 2.05) is 41.9 Å². The zero-order chi connectivity index (χ0) is 13.8. The van der Waals surface area contributed by atoms with Crippen molar-refractivity contribution in [2.45, 2.75) is 6.54 Å². The third-order valence-electron chi connectivity index (χ3n) is 3.01. The standard InChI is InChI=1S/C15H17FN2O/c1-17(10-12-5-7-13(16)8-6-12)11-15(19)14-4-3-9-18(14)2/h3-9H,10-11H2,1-2H3. The normalized spacial score (nSPS) is 10.9. The number of rotatable bonds is 5. The molecule has 0 radical (unpaired) electrons. The number of likely N-dealkylation sites (N-methyl/N-ethyl adjacent to an activating group) is 1. The number of hydrogen-bond acceptors (Lipinski definition) is 2. The molecule has 0 unspecified atom stereocenters. The molecule has 0 spiro atoms. The van der Waals surface area contributed by atoms with Gasteiger partial charge in [0.1, 0.15) is 5.82 Å². The second-order valence-corrected chi connectivity index (χ2v) is 4.73. The number of halogens is 1. The molecule has 1 heterocycles. The molecule has 2 rings (SSSR count). The zero-order valence-electron chi connectivity index (χ0n) is 11.1. The van der Waals surface area contributed by atoms with E-state index < -0.39 is 0 Å². The van der Waals surface area contributed by atoms with Crippen molar-refractivity contribution in [3.05, 3.63) is 59.7 Å². The van der Waals surface area contributed by atoms with Crippen LogP contribution in [-0.2, 0) is 13.6 Å². The number of nitrogens with zero attached hydrogens (tertiary/aromatic N) is 2. The number of Topliss-reactive ketones (excluding diaryl/α,β-unsaturated/α-hetero) is 1. The molecule has 3 nitrogen and oxygen atoms in total. The van der Waals surface area contributed by atoms with Gasteiger partial charge >= 0.3 is 0 Å². The summed E-state index contributed by atoms with van der Waals surface area (Å²) in [4.78, 5) is 14.0. The van der Waals surface area contributed by atoms with Crippen LogP contribution in [0.15, 0.2) is 42.6 Å². The van der Waals surface area contributed by atoms with Crippen molar-refractivity contribution in [3.8, 4) is 0 Å². The van der Waals surface area contributed by atoms with Gasteiger partial charge in [-0.15, -0.1) is 0 Å². The van der Waals surface area contributed by atoms with Crippen LogP contribution >= 0.6 is 0 Å². The van der Waals surface area contributed by atoms with Gasteiger partial charge in [0.15, 0.2) is 5.78 Å². The van der Waals surface area contributed by atoms with Crippen molar-refractivity contribution >= 4 is 5.78 Å². The highest BCUT2D eigenvalue weighted by Gasteiger charge is 2.12. The smallest absolute Gasteiger partial charge is 0.193 e. The Morgan fingerprint density at radius 2 is 1.95 bits per heavy atom. The maximum atomic E-state index is 12.8. The van der Waals surface area contributed by atoms with Gasteiger partial charge in [0.2, 0.25) is 0 Å². The van der Waals surface area contributed by atoms with Gasteiger partial charge in [0.25, 0.3) is 0 Å². The maximum Gasteiger partial charge on any atom is 0.193 e. The molecule has 4 heteroatoms. The molecular formula is C15H17FN2O. The highest BCUT2D eigenvalue weighted by atomic mass is 19.1. The molecule has 1 aromatic heterocycles. The summed E-state index contributed by atoms with van der Waals surface area (Å²) >= 11 is 0. The van der Waals surface area contributed by atoms with E-state index in [0.29, 0.717) is 18.8 Å². The molecule has 0 bridgehead atoms. The largest absolute Gasteiger partial charge is 0.348 e. The van der Waals surface area contributed by atoms with Gasteiger partial charge in [-0.25, -0.2) is 4.39 Å². The summed E-state index contributed by atoms with van der Waals surface area (Å²) in [5.74, 6) is -0.164. The number of benzene rings is 1. The van der Waals surface area contributed by atoms with Crippen LogP contribution in [0, 0.1) is 5.82 Å². The predicted octanol–water partition coefficient (Wildman–Crippen LogP) is 2.48. The highest BCUT2D eigenvalue weighted by molar-refractivity contribution is 5.96. The van der Waals surface area contributed by atoms with Crippen LogP contribution in [0.4, 0.5) is 4.39 Å². The van der Waals surface area contributed by atoms with Crippen LogP contribution < -0.4 is 0 Å². The van der Waals surface area contributed by atoms with Crippen LogP contribution in [0.2, 0.25) is 0 Å². The lowest BCUT2D eigenvalue weighted by molar-refractivity contribution is 0.0935. The van der Waals surface area contributed by atoms with Crippen LogP contribution in [0.5, 0.6) is 0 Å². The molecule has 0 fully saturated rings. The average molecular weight is 260 g/mol. The first-order valence-corrected chi connectivity index (χ1v) is 6.14. The SMILES string of the molecule is CN(CC(=O)c1cccn1C)Cc1ccc(F)cc1. The van der Waals surface area contributed by atoms with Gasteiger partial charge in [-0.3, -0.25) is 9.69 Å². The van der Waals surface area contributed by atoms with E-state index in [2.05, 4.69) is 0 Å². The summed E-state index contributed by atoms with van der Waals surface area (Å²) in [7, 11) is 3.73. The third-order valence-corrected chi connectivity index (χ3v) is 3.01. The van der Waals surface area contributed by atoms with E-state index in [-0.39, 0.29) is 11.6 Å². The van der Waals surface area contributed by atoms with E-state index in [1.165, 1.54) is 12.1 Å². The summed E-state index contributed by atoms with van der Waals surface area (Å²) in [5.41, 5.74) is 1.69. The average Bonchev–Trinajstić information content (AvgIpc) is 2.78. The first-order valence-electron chi connectivity index (χ1n) is 6.14. The van der Waals surface area contributed by atoms with E-state index >= 15 is 0 Å². The molecule has 0 saturated heterocycles. The Kier molecular flexibility index (Phi) is 4.12. The second kappa shape index (κ2) is 5.80. The second-order valence-electron chi connectivity index (χ2n) is 4.73. The van der Waals surface area contributed by atoms with Crippen LogP contribution in [0.25, 0.3) is 0 Å². The minimum absolute atomic E-state index is 0.0807. The molecule has 0 atom stereocenters. The molecule has 0 saturated carbocycles. The quantitative estimate of drug-likeness (QED) is 0.772. The fourth-order valence-corrected chi connectivity index (χ4v) is 2.03. The summed E-state index contributed by atoms with van der Waals surface area (Å²) < 4.78 is 14.6. The first kappa shape index (κ1) is 13.5. The summed E-state index contributed by atoms with van der Waals surface area (Å²) in [6, 6.07) is 10.0. The number of aromatic nitrogens is 1. The number of carbonyl (C=O) groups is 1. The summed E-state index contributed by atoms with van der Waals surface area (Å²) in [6.07, 6.45) is 1.85. The van der Waals surface area contributed by atoms with E-state index in [4.69, 9.17) is 0 Å². The first-order chi connectivity index (χ1) is 9.06. The Morgan fingerprint density at radius 3 is 2.53 bits per heavy atom. The predicted molar refractivity (Wildman–Crippen MR) is 72.5 cm³/mol. The molecule has 0 aliphatic rings. The van der Waals surface area contributed by atoms with E-state index in [0.717, 1.165) is 5.56 Å². The van der Waals surface area contributed by atoms with Gasteiger partial charge in [-0.2, -0.15) is 0 Å². The van der Waals surface area contributed by atoms with Gasteiger partial charge in [0.05, 0.1) is 12.2 Å². The molecule has 0 aliphatic heterocycles. The van der Waals surface area contributed by atoms with Crippen molar-refractivity contribution in [1.82, 2.24) is 9.47 Å². The Bertz CT molecular complexity index is 560. The molecule has 100 valence electrons. The highest BCUT2D eigenvalue weighted by Crippen LogP contribution is 2.07. The van der Waals surface area contributed by atoms with Gasteiger partial charge in [-0.1, -0.05) is 12.1 Å². The fraction of sp³-hybridized carbons (Fsp3) is 0.267. The number of aryl methyl sites for hydroxylation is 1. The van der Waals surface area contributed by atoms with Crippen molar-refractivity contribution in [1.29, 1.82) is 0 Å². The van der Waals surface area contributed by atoms with Crippen molar-refractivity contribution < 1.29 is 9.18 Å². The van der Waals surface area contributed by atoms with Gasteiger partial charge in [0, 0.05) is 19.8 Å². The number of hydrogen-bond donors (Lipinski definition) is 0. The maximum absolute atomic E-state index is 12.8. The minimum atomic E-state index is -0.244. The Labute approximate surface area is 112 Å². The monoisotopic (exact) mass is 260 g/mol. The zero-order valence-corrected chi connectivity index (χ0v) is 11.1. The molecule has 0 aliphatic carbocycles. The summed E-state index contributed by atoms with van der Waals surface area (Å²) in [6.45, 7) is 0.964. The molecular weight excluding hydrogens is 243 g/mol. The molecule has 2 aromatic rings. The van der Waals surface area contributed by atoms with Gasteiger partial charge in [-0.05, 0) is 36.9 Å². The lowest BCUT2D eigenvalue weighted by Crippen LogP contribution is -2.26. The van der Waals surface area contributed by atoms with Crippen LogP contribution in [-0.4, -0.2) is 28.8 Å². The summed E-state index contributed by atoms with van der Waals surface area (Å²) in [5, 5.41) is 0. The Balaban J connectivity index is 1.94. The van der Waals surface area contributed by atoms with Crippen LogP contribution in [0.1, 0.15) is 16.1 Å². The van der Waals surface area contributed by atoms with Crippen molar-refractivity contribution in [2.24, 2.45) is 7.05 Å². The molecule has 0 N–H and O–H groups in total. The number of ketones is 1.